The van der Waals surface area contributed by atoms with Gasteiger partial charge in [0.15, 0.2) is 0 Å². The molecule has 2 aromatic rings. The Hall–Kier alpha value is -3.04. The van der Waals surface area contributed by atoms with Crippen molar-refractivity contribution in [2.45, 2.75) is 0 Å². The van der Waals surface area contributed by atoms with Gasteiger partial charge in [0, 0.05) is 13.6 Å². The zero-order valence-electron chi connectivity index (χ0n) is 9.82. The lowest BCUT2D eigenvalue weighted by molar-refractivity contribution is -0.0559. The minimum Gasteiger partial charge on any atom is -0.395 e. The van der Waals surface area contributed by atoms with Crippen molar-refractivity contribution in [3.63, 3.8) is 0 Å². The molecule has 2 N–H and O–H groups in total. The van der Waals surface area contributed by atoms with Gasteiger partial charge in [-0.3, -0.25) is 29.2 Å². The van der Waals surface area contributed by atoms with Gasteiger partial charge in [-0.1, -0.05) is 0 Å². The molecule has 0 spiro atoms. The highest BCUT2D eigenvalue weighted by Gasteiger charge is 2.31. The normalized spacial score (nSPS) is 10.4. The molecule has 0 aliphatic rings. The maximum Gasteiger partial charge on any atom is 0.265 e. The van der Waals surface area contributed by atoms with Crippen LogP contribution in [0.3, 0.4) is 0 Å². The van der Waals surface area contributed by atoms with E-state index in [0.717, 1.165) is 6.07 Å². The van der Waals surface area contributed by atoms with Gasteiger partial charge in [-0.05, 0) is 12.1 Å². The number of anilines is 1. The lowest BCUT2D eigenvalue weighted by Gasteiger charge is -2.10. The van der Waals surface area contributed by atoms with Crippen LogP contribution in [0.15, 0.2) is 21.7 Å². The van der Waals surface area contributed by atoms with E-state index in [2.05, 4.69) is 14.8 Å². The molecule has 21 heavy (non-hydrogen) atoms. The third-order valence-corrected chi connectivity index (χ3v) is 2.73. The predicted octanol–water partition coefficient (Wildman–Crippen LogP) is 0.886. The summed E-state index contributed by atoms with van der Waals surface area (Å²) in [6.07, 6.45) is 0. The van der Waals surface area contributed by atoms with Crippen molar-refractivity contribution >= 4 is 11.5 Å². The Kier molecular flexibility index (Phi) is 3.52. The SMILES string of the molecule is Nc1c(C(=O)c2ccc(OF)c(OF)c2OF)c(=O)c1=O. The molecule has 10 heteroatoms. The van der Waals surface area contributed by atoms with Gasteiger partial charge in [0.25, 0.3) is 5.75 Å². The molecule has 0 saturated carbocycles. The van der Waals surface area contributed by atoms with Crippen molar-refractivity contribution in [2.75, 3.05) is 5.73 Å². The van der Waals surface area contributed by atoms with Gasteiger partial charge in [0.2, 0.25) is 28.1 Å². The molecule has 2 rings (SSSR count). The van der Waals surface area contributed by atoms with E-state index in [1.807, 2.05) is 0 Å². The van der Waals surface area contributed by atoms with Gasteiger partial charge in [-0.15, -0.1) is 0 Å². The minimum atomic E-state index is -1.21. The van der Waals surface area contributed by atoms with Crippen LogP contribution in [0.2, 0.25) is 0 Å². The molecule has 110 valence electrons. The van der Waals surface area contributed by atoms with E-state index in [4.69, 9.17) is 5.73 Å². The largest absolute Gasteiger partial charge is 0.395 e. The number of hydrogen-bond donors (Lipinski definition) is 1. The predicted molar refractivity (Wildman–Crippen MR) is 60.8 cm³/mol. The second-order valence-electron chi connectivity index (χ2n) is 3.78. The number of carbonyl (C=O) groups excluding carboxylic acids is 1. The summed E-state index contributed by atoms with van der Waals surface area (Å²) in [5, 5.41) is 0. The lowest BCUT2D eigenvalue weighted by Crippen LogP contribution is -2.40. The molecular formula is C11H4F3NO6. The third kappa shape index (κ3) is 1.96. The molecule has 0 aliphatic heterocycles. The summed E-state index contributed by atoms with van der Waals surface area (Å²) in [6.45, 7) is 0. The molecule has 0 bridgehead atoms. The van der Waals surface area contributed by atoms with Gasteiger partial charge in [-0.2, -0.15) is 0 Å². The maximum atomic E-state index is 12.5. The van der Waals surface area contributed by atoms with Crippen molar-refractivity contribution in [2.24, 2.45) is 0 Å². The van der Waals surface area contributed by atoms with Gasteiger partial charge < -0.3 is 5.73 Å². The standard InChI is InChI=1S/C11H4F3NO6/c12-19-4-2-1-3(10(20-13)11(4)21-14)7(16)5-6(15)9(18)8(5)17/h1-2H,15H2. The number of ketones is 1. The Morgan fingerprint density at radius 2 is 1.57 bits per heavy atom. The van der Waals surface area contributed by atoms with Crippen LogP contribution in [0.25, 0.3) is 0 Å². The van der Waals surface area contributed by atoms with Gasteiger partial charge in [-0.25, -0.2) is 0 Å². The summed E-state index contributed by atoms with van der Waals surface area (Å²) in [5.41, 5.74) is 0.865. The Bertz CT molecular complexity index is 796. The Morgan fingerprint density at radius 1 is 0.952 bits per heavy atom. The van der Waals surface area contributed by atoms with Crippen LogP contribution >= 0.6 is 0 Å². The molecule has 0 atom stereocenters. The Labute approximate surface area is 112 Å². The summed E-state index contributed by atoms with van der Waals surface area (Å²) in [7, 11) is 0. The molecule has 0 amide bonds. The molecule has 7 nitrogen and oxygen atoms in total. The van der Waals surface area contributed by atoms with Crippen LogP contribution in [-0.4, -0.2) is 5.78 Å². The average molecular weight is 303 g/mol. The summed E-state index contributed by atoms with van der Waals surface area (Å²) in [6, 6.07) is 1.48. The monoisotopic (exact) mass is 303 g/mol. The van der Waals surface area contributed by atoms with Crippen LogP contribution in [0.4, 0.5) is 19.3 Å². The van der Waals surface area contributed by atoms with Crippen LogP contribution in [0.5, 0.6) is 17.2 Å². The van der Waals surface area contributed by atoms with E-state index in [-0.39, 0.29) is 0 Å². The Balaban J connectivity index is 2.63. The second kappa shape index (κ2) is 5.15. The average Bonchev–Trinajstić information content (AvgIpc) is 2.52. The zero-order valence-corrected chi connectivity index (χ0v) is 9.82. The smallest absolute Gasteiger partial charge is 0.265 e. The Morgan fingerprint density at radius 3 is 2.05 bits per heavy atom. The number of carbonyl (C=O) groups is 1. The highest BCUT2D eigenvalue weighted by molar-refractivity contribution is 6.15. The molecule has 0 aromatic heterocycles. The highest BCUT2D eigenvalue weighted by atomic mass is 19.3. The summed E-state index contributed by atoms with van der Waals surface area (Å²) in [5.74, 6) is -4.51. The van der Waals surface area contributed by atoms with Crippen molar-refractivity contribution < 1.29 is 33.2 Å². The van der Waals surface area contributed by atoms with E-state index in [1.54, 1.807) is 0 Å². The zero-order chi connectivity index (χ0) is 15.7. The maximum absolute atomic E-state index is 12.5. The van der Waals surface area contributed by atoms with Crippen LogP contribution in [0.1, 0.15) is 15.9 Å². The van der Waals surface area contributed by atoms with Crippen LogP contribution in [-0.2, 0) is 0 Å². The van der Waals surface area contributed by atoms with Crippen molar-refractivity contribution in [1.82, 2.24) is 0 Å². The molecule has 2 aromatic carbocycles. The topological polar surface area (TPSA) is 105 Å². The minimum absolute atomic E-state index is 0.622. The summed E-state index contributed by atoms with van der Waals surface area (Å²) >= 11 is 0. The molecule has 0 aliphatic carbocycles. The van der Waals surface area contributed by atoms with Crippen LogP contribution in [0, 0.1) is 0 Å². The second-order valence-corrected chi connectivity index (χ2v) is 3.78. The summed E-state index contributed by atoms with van der Waals surface area (Å²) in [4.78, 5) is 43.8. The van der Waals surface area contributed by atoms with Crippen molar-refractivity contribution in [3.05, 3.63) is 43.7 Å². The van der Waals surface area contributed by atoms with E-state index < -0.39 is 50.7 Å². The van der Waals surface area contributed by atoms with Gasteiger partial charge in [0.1, 0.15) is 5.56 Å². The number of benzene rings is 1. The molecule has 0 radical (unpaired) electrons. The summed E-state index contributed by atoms with van der Waals surface area (Å²) < 4.78 is 36.9. The first-order valence-corrected chi connectivity index (χ1v) is 5.14. The fraction of sp³-hybridized carbons (Fsp3) is 0. The van der Waals surface area contributed by atoms with Gasteiger partial charge in [0.05, 0.1) is 11.3 Å². The first-order valence-electron chi connectivity index (χ1n) is 5.14. The van der Waals surface area contributed by atoms with E-state index in [0.29, 0.717) is 6.07 Å². The molecule has 0 saturated heterocycles. The molecular weight excluding hydrogens is 299 g/mol. The highest BCUT2D eigenvalue weighted by Crippen LogP contribution is 2.41. The quantitative estimate of drug-likeness (QED) is 0.645. The fourth-order valence-electron chi connectivity index (χ4n) is 1.70. The van der Waals surface area contributed by atoms with Gasteiger partial charge >= 0.3 is 0 Å². The lowest BCUT2D eigenvalue weighted by atomic mass is 9.96. The van der Waals surface area contributed by atoms with Crippen molar-refractivity contribution in [3.8, 4) is 17.2 Å². The third-order valence-electron chi connectivity index (χ3n) is 2.73. The first-order chi connectivity index (χ1) is 9.97. The first kappa shape index (κ1) is 14.4. The molecule has 0 unspecified atom stereocenters. The number of hydrogen-bond acceptors (Lipinski definition) is 7. The van der Waals surface area contributed by atoms with E-state index in [9.17, 15) is 28.0 Å². The molecule has 0 fully saturated rings. The number of nitrogens with two attached hydrogens (primary N) is 1. The van der Waals surface area contributed by atoms with E-state index in [1.165, 1.54) is 0 Å². The number of halogens is 3. The van der Waals surface area contributed by atoms with Crippen molar-refractivity contribution in [1.29, 1.82) is 0 Å². The van der Waals surface area contributed by atoms with E-state index >= 15 is 0 Å². The molecule has 0 heterocycles. The fourth-order valence-corrected chi connectivity index (χ4v) is 1.70. The number of nitrogen functional groups attached to an aromatic ring is 1. The van der Waals surface area contributed by atoms with Crippen LogP contribution < -0.4 is 31.4 Å². The number of rotatable bonds is 5.